The van der Waals surface area contributed by atoms with Crippen molar-refractivity contribution in [1.29, 1.82) is 0 Å². The van der Waals surface area contributed by atoms with Gasteiger partial charge in [0.05, 0.1) is 13.3 Å². The largest absolute Gasteiger partial charge is 0.496 e. The van der Waals surface area contributed by atoms with Crippen LogP contribution in [0.15, 0.2) is 59.7 Å². The molecule has 0 saturated carbocycles. The van der Waals surface area contributed by atoms with Gasteiger partial charge in [-0.25, -0.2) is 5.43 Å². The highest BCUT2D eigenvalue weighted by molar-refractivity contribution is 6.31. The van der Waals surface area contributed by atoms with Gasteiger partial charge in [0.25, 0.3) is 0 Å². The Morgan fingerprint density at radius 2 is 1.80 bits per heavy atom. The Morgan fingerprint density at radius 3 is 2.60 bits per heavy atom. The van der Waals surface area contributed by atoms with E-state index in [0.717, 1.165) is 21.9 Å². The number of amides is 2. The lowest BCUT2D eigenvalue weighted by Gasteiger charge is -2.09. The second-order valence-electron chi connectivity index (χ2n) is 6.66. The second kappa shape index (κ2) is 9.89. The molecule has 0 bridgehead atoms. The summed E-state index contributed by atoms with van der Waals surface area (Å²) in [4.78, 5) is 24.2. The molecule has 0 aromatic heterocycles. The molecule has 0 spiro atoms. The summed E-state index contributed by atoms with van der Waals surface area (Å²) in [6, 6.07) is 16.9. The first-order valence-electron chi connectivity index (χ1n) is 9.42. The topological polar surface area (TPSA) is 79.8 Å². The van der Waals surface area contributed by atoms with Crippen LogP contribution < -0.4 is 15.5 Å². The number of fused-ring (bicyclic) bond motifs is 1. The Balaban J connectivity index is 1.57. The van der Waals surface area contributed by atoms with E-state index in [-0.39, 0.29) is 24.7 Å². The van der Waals surface area contributed by atoms with Gasteiger partial charge in [0.15, 0.2) is 0 Å². The molecule has 0 aliphatic carbocycles. The number of methoxy groups -OCH3 is 1. The predicted molar refractivity (Wildman–Crippen MR) is 120 cm³/mol. The van der Waals surface area contributed by atoms with Gasteiger partial charge < -0.3 is 10.1 Å². The van der Waals surface area contributed by atoms with Crippen molar-refractivity contribution >= 4 is 46.1 Å². The maximum Gasteiger partial charge on any atom is 0.240 e. The molecule has 0 saturated heterocycles. The number of hydrogen-bond donors (Lipinski definition) is 2. The molecule has 30 heavy (non-hydrogen) atoms. The van der Waals surface area contributed by atoms with E-state index in [2.05, 4.69) is 15.8 Å². The van der Waals surface area contributed by atoms with Gasteiger partial charge in [-0.15, -0.1) is 0 Å². The zero-order valence-electron chi connectivity index (χ0n) is 16.7. The SMILES string of the molecule is COc1ccc2ccccc2c1/C=N\NC(=O)CCC(=O)Nc1cccc(Cl)c1C. The highest BCUT2D eigenvalue weighted by atomic mass is 35.5. The average Bonchev–Trinajstić information content (AvgIpc) is 2.75. The van der Waals surface area contributed by atoms with Crippen molar-refractivity contribution in [2.45, 2.75) is 19.8 Å². The molecule has 0 unspecified atom stereocenters. The van der Waals surface area contributed by atoms with Crippen molar-refractivity contribution in [2.24, 2.45) is 5.10 Å². The zero-order valence-corrected chi connectivity index (χ0v) is 17.5. The summed E-state index contributed by atoms with van der Waals surface area (Å²) in [5, 5.41) is 9.38. The number of hydrogen-bond acceptors (Lipinski definition) is 4. The second-order valence-corrected chi connectivity index (χ2v) is 7.06. The van der Waals surface area contributed by atoms with Crippen LogP contribution in [0.3, 0.4) is 0 Å². The van der Waals surface area contributed by atoms with E-state index in [0.29, 0.717) is 16.5 Å². The standard InChI is InChI=1S/C23H22ClN3O3/c1-15-19(24)8-5-9-20(15)26-22(28)12-13-23(29)27-25-14-18-17-7-4-3-6-16(17)10-11-21(18)30-2/h3-11,14H,12-13H2,1-2H3,(H,26,28)(H,27,29)/b25-14-. The Hall–Kier alpha value is -3.38. The molecule has 7 heteroatoms. The molecule has 3 rings (SSSR count). The van der Waals surface area contributed by atoms with Crippen LogP contribution in [0.1, 0.15) is 24.0 Å². The number of carbonyl (C=O) groups is 2. The van der Waals surface area contributed by atoms with Crippen molar-refractivity contribution in [2.75, 3.05) is 12.4 Å². The lowest BCUT2D eigenvalue weighted by atomic mass is 10.0. The monoisotopic (exact) mass is 423 g/mol. The third kappa shape index (κ3) is 5.15. The van der Waals surface area contributed by atoms with Gasteiger partial charge in [-0.05, 0) is 41.5 Å². The molecular weight excluding hydrogens is 402 g/mol. The predicted octanol–water partition coefficient (Wildman–Crippen LogP) is 4.68. The molecule has 0 radical (unpaired) electrons. The molecular formula is C23H22ClN3O3. The number of halogens is 1. The Labute approximate surface area is 179 Å². The minimum absolute atomic E-state index is 0.00938. The number of carbonyl (C=O) groups excluding carboxylic acids is 2. The van der Waals surface area contributed by atoms with Crippen LogP contribution in [0, 0.1) is 6.92 Å². The molecule has 3 aromatic rings. The number of anilines is 1. The molecule has 6 nitrogen and oxygen atoms in total. The van der Waals surface area contributed by atoms with Crippen LogP contribution in [-0.4, -0.2) is 25.1 Å². The molecule has 0 aliphatic heterocycles. The third-order valence-electron chi connectivity index (χ3n) is 4.65. The van der Waals surface area contributed by atoms with Crippen molar-refractivity contribution in [3.63, 3.8) is 0 Å². The highest BCUT2D eigenvalue weighted by Crippen LogP contribution is 2.26. The molecule has 3 aromatic carbocycles. The van der Waals surface area contributed by atoms with Gasteiger partial charge in [-0.2, -0.15) is 5.10 Å². The number of hydrazone groups is 1. The van der Waals surface area contributed by atoms with Gasteiger partial charge in [0.2, 0.25) is 11.8 Å². The van der Waals surface area contributed by atoms with E-state index in [4.69, 9.17) is 16.3 Å². The first kappa shape index (κ1) is 21.3. The van der Waals surface area contributed by atoms with E-state index < -0.39 is 0 Å². The Kier molecular flexibility index (Phi) is 7.03. The summed E-state index contributed by atoms with van der Waals surface area (Å²) in [5.74, 6) is 0.0293. The van der Waals surface area contributed by atoms with Gasteiger partial charge >= 0.3 is 0 Å². The number of ether oxygens (including phenoxy) is 1. The zero-order chi connectivity index (χ0) is 21.5. The van der Waals surface area contributed by atoms with Gasteiger partial charge in [-0.3, -0.25) is 9.59 Å². The highest BCUT2D eigenvalue weighted by Gasteiger charge is 2.10. The van der Waals surface area contributed by atoms with E-state index >= 15 is 0 Å². The lowest BCUT2D eigenvalue weighted by molar-refractivity contribution is -0.124. The quantitative estimate of drug-likeness (QED) is 0.427. The maximum atomic E-state index is 12.1. The summed E-state index contributed by atoms with van der Waals surface area (Å²) >= 11 is 6.05. The van der Waals surface area contributed by atoms with Gasteiger partial charge in [0.1, 0.15) is 5.75 Å². The van der Waals surface area contributed by atoms with E-state index in [1.807, 2.05) is 43.3 Å². The van der Waals surface area contributed by atoms with Gasteiger partial charge in [0, 0.05) is 29.1 Å². The van der Waals surface area contributed by atoms with Crippen LogP contribution in [0.5, 0.6) is 5.75 Å². The minimum atomic E-state index is -0.358. The molecule has 2 N–H and O–H groups in total. The van der Waals surface area contributed by atoms with Crippen LogP contribution in [0.25, 0.3) is 10.8 Å². The van der Waals surface area contributed by atoms with Crippen LogP contribution in [0.4, 0.5) is 5.69 Å². The van der Waals surface area contributed by atoms with E-state index in [9.17, 15) is 9.59 Å². The van der Waals surface area contributed by atoms with E-state index in [1.165, 1.54) is 0 Å². The number of benzene rings is 3. The fraction of sp³-hybridized carbons (Fsp3) is 0.174. The summed E-state index contributed by atoms with van der Waals surface area (Å²) in [7, 11) is 1.58. The molecule has 154 valence electrons. The number of rotatable bonds is 7. The summed E-state index contributed by atoms with van der Waals surface area (Å²) in [6.07, 6.45) is 1.59. The van der Waals surface area contributed by atoms with Crippen molar-refractivity contribution in [1.82, 2.24) is 5.43 Å². The fourth-order valence-electron chi connectivity index (χ4n) is 2.99. The molecule has 0 aliphatic rings. The minimum Gasteiger partial charge on any atom is -0.496 e. The summed E-state index contributed by atoms with van der Waals surface area (Å²) in [6.45, 7) is 1.82. The van der Waals surface area contributed by atoms with Gasteiger partial charge in [-0.1, -0.05) is 48.0 Å². The molecule has 0 fully saturated rings. The van der Waals surface area contributed by atoms with E-state index in [1.54, 1.807) is 31.5 Å². The Morgan fingerprint density at radius 1 is 1.03 bits per heavy atom. The lowest BCUT2D eigenvalue weighted by Crippen LogP contribution is -2.21. The number of nitrogens with zero attached hydrogens (tertiary/aromatic N) is 1. The van der Waals surface area contributed by atoms with Crippen LogP contribution in [-0.2, 0) is 9.59 Å². The molecule has 0 atom stereocenters. The van der Waals surface area contributed by atoms with Crippen molar-refractivity contribution in [3.05, 3.63) is 70.7 Å². The maximum absolute atomic E-state index is 12.1. The Bertz CT molecular complexity index is 1110. The molecule has 0 heterocycles. The smallest absolute Gasteiger partial charge is 0.240 e. The molecule has 2 amide bonds. The number of nitrogens with one attached hydrogen (secondary N) is 2. The van der Waals surface area contributed by atoms with Crippen molar-refractivity contribution in [3.8, 4) is 5.75 Å². The summed E-state index contributed by atoms with van der Waals surface area (Å²) in [5.41, 5.74) is 4.65. The normalized spacial score (nSPS) is 10.9. The first-order valence-corrected chi connectivity index (χ1v) is 9.80. The first-order chi connectivity index (χ1) is 14.5. The third-order valence-corrected chi connectivity index (χ3v) is 5.06. The average molecular weight is 424 g/mol. The fourth-order valence-corrected chi connectivity index (χ4v) is 3.17. The van der Waals surface area contributed by atoms with Crippen LogP contribution in [0.2, 0.25) is 5.02 Å². The van der Waals surface area contributed by atoms with Crippen LogP contribution >= 0.6 is 11.6 Å². The van der Waals surface area contributed by atoms with Crippen molar-refractivity contribution < 1.29 is 14.3 Å². The summed E-state index contributed by atoms with van der Waals surface area (Å²) < 4.78 is 5.40.